The van der Waals surface area contributed by atoms with Crippen molar-refractivity contribution in [2.45, 2.75) is 19.9 Å². The van der Waals surface area contributed by atoms with E-state index in [4.69, 9.17) is 0 Å². The lowest BCUT2D eigenvalue weighted by atomic mass is 10.1. The summed E-state index contributed by atoms with van der Waals surface area (Å²) in [7, 11) is 6.29. The van der Waals surface area contributed by atoms with Gasteiger partial charge < -0.3 is 14.9 Å². The van der Waals surface area contributed by atoms with Gasteiger partial charge in [-0.2, -0.15) is 0 Å². The second-order valence-corrected chi connectivity index (χ2v) is 6.37. The molecule has 1 aromatic rings. The fraction of sp³-hybridized carbons (Fsp3) is 0.571. The molecule has 0 saturated carbocycles. The zero-order valence-corrected chi connectivity index (χ0v) is 13.9. The first-order valence-electron chi connectivity index (χ1n) is 6.21. The molecule has 0 heterocycles. The van der Waals surface area contributed by atoms with Gasteiger partial charge in [0, 0.05) is 15.7 Å². The number of rotatable bonds is 6. The Morgan fingerprint density at radius 1 is 1.17 bits per heavy atom. The Bertz CT molecular complexity index is 394. The molecular weight excluding hydrogens is 335 g/mol. The quantitative estimate of drug-likeness (QED) is 0.793. The maximum atomic E-state index is 10.0. The maximum absolute atomic E-state index is 10.0. The van der Waals surface area contributed by atoms with Crippen LogP contribution in [0.1, 0.15) is 17.5 Å². The lowest BCUT2D eigenvalue weighted by Crippen LogP contribution is -2.23. The second-order valence-electron chi connectivity index (χ2n) is 5.13. The Balaban J connectivity index is 2.56. The van der Waals surface area contributed by atoms with Crippen molar-refractivity contribution in [3.05, 3.63) is 26.8 Å². The Hall–Kier alpha value is -0.330. The van der Waals surface area contributed by atoms with Gasteiger partial charge in [-0.25, -0.2) is 0 Å². The highest BCUT2D eigenvalue weighted by Crippen LogP contribution is 2.25. The third-order valence-electron chi connectivity index (χ3n) is 2.93. The second kappa shape index (κ2) is 7.31. The zero-order chi connectivity index (χ0) is 13.7. The summed E-state index contributed by atoms with van der Waals surface area (Å²) in [6.07, 6.45) is 1.15. The predicted octanol–water partition coefficient (Wildman–Crippen LogP) is 2.69. The molecule has 4 heteroatoms. The molecule has 0 unspecified atom stereocenters. The zero-order valence-electron chi connectivity index (χ0n) is 11.7. The molecule has 0 aliphatic rings. The van der Waals surface area contributed by atoms with E-state index in [0.717, 1.165) is 37.2 Å². The van der Waals surface area contributed by atoms with Crippen LogP contribution in [-0.4, -0.2) is 49.1 Å². The number of phenols is 1. The van der Waals surface area contributed by atoms with Crippen LogP contribution in [0, 0.1) is 10.5 Å². The first kappa shape index (κ1) is 15.7. The topological polar surface area (TPSA) is 26.7 Å². The van der Waals surface area contributed by atoms with Gasteiger partial charge in [-0.05, 0) is 87.9 Å². The van der Waals surface area contributed by atoms with E-state index in [0.29, 0.717) is 5.75 Å². The number of halogens is 1. The lowest BCUT2D eigenvalue weighted by molar-refractivity contribution is 0.290. The van der Waals surface area contributed by atoms with Crippen LogP contribution >= 0.6 is 22.6 Å². The summed E-state index contributed by atoms with van der Waals surface area (Å²) < 4.78 is 1.18. The van der Waals surface area contributed by atoms with Crippen LogP contribution in [-0.2, 0) is 6.54 Å². The number of hydrogen-bond acceptors (Lipinski definition) is 3. The number of phenolic OH excluding ortho intramolecular Hbond substituents is 1. The average molecular weight is 358 g/mol. The number of aromatic hydroxyl groups is 1. The fourth-order valence-corrected chi connectivity index (χ4v) is 2.80. The van der Waals surface area contributed by atoms with Crippen LogP contribution in [0.2, 0.25) is 0 Å². The van der Waals surface area contributed by atoms with Gasteiger partial charge >= 0.3 is 0 Å². The van der Waals surface area contributed by atoms with Crippen LogP contribution in [0.4, 0.5) is 0 Å². The van der Waals surface area contributed by atoms with Crippen molar-refractivity contribution >= 4 is 22.6 Å². The van der Waals surface area contributed by atoms with Crippen LogP contribution < -0.4 is 0 Å². The van der Waals surface area contributed by atoms with Gasteiger partial charge in [-0.15, -0.1) is 0 Å². The summed E-state index contributed by atoms with van der Waals surface area (Å²) in [6, 6.07) is 4.07. The largest absolute Gasteiger partial charge is 0.507 e. The molecule has 0 fully saturated rings. The van der Waals surface area contributed by atoms with E-state index in [-0.39, 0.29) is 0 Å². The Labute approximate surface area is 124 Å². The number of benzene rings is 1. The molecule has 102 valence electrons. The summed E-state index contributed by atoms with van der Waals surface area (Å²) in [5.74, 6) is 0.440. The molecule has 0 atom stereocenters. The van der Waals surface area contributed by atoms with E-state index < -0.39 is 0 Å². The minimum Gasteiger partial charge on any atom is -0.507 e. The third kappa shape index (κ3) is 5.12. The van der Waals surface area contributed by atoms with Crippen molar-refractivity contribution in [2.24, 2.45) is 0 Å². The molecular formula is C14H23IN2O. The van der Waals surface area contributed by atoms with Crippen LogP contribution in [0.25, 0.3) is 0 Å². The van der Waals surface area contributed by atoms with Gasteiger partial charge in [0.15, 0.2) is 0 Å². The average Bonchev–Trinajstić information content (AvgIpc) is 2.24. The molecule has 1 aromatic carbocycles. The van der Waals surface area contributed by atoms with E-state index in [9.17, 15) is 5.11 Å². The fourth-order valence-electron chi connectivity index (χ4n) is 1.95. The van der Waals surface area contributed by atoms with Crippen molar-refractivity contribution < 1.29 is 5.11 Å². The first-order valence-corrected chi connectivity index (χ1v) is 7.29. The van der Waals surface area contributed by atoms with Gasteiger partial charge in [0.25, 0.3) is 0 Å². The van der Waals surface area contributed by atoms with Crippen LogP contribution in [0.15, 0.2) is 12.1 Å². The Morgan fingerprint density at radius 2 is 1.83 bits per heavy atom. The van der Waals surface area contributed by atoms with Crippen molar-refractivity contribution in [1.29, 1.82) is 0 Å². The molecule has 0 spiro atoms. The summed E-state index contributed by atoms with van der Waals surface area (Å²) in [6.45, 7) is 4.90. The van der Waals surface area contributed by atoms with Crippen LogP contribution in [0.3, 0.4) is 0 Å². The predicted molar refractivity (Wildman–Crippen MR) is 85.1 cm³/mol. The van der Waals surface area contributed by atoms with Crippen molar-refractivity contribution in [3.63, 3.8) is 0 Å². The number of nitrogens with zero attached hydrogens (tertiary/aromatic N) is 2. The van der Waals surface area contributed by atoms with Gasteiger partial charge in [0.1, 0.15) is 5.75 Å². The smallest absolute Gasteiger partial charge is 0.123 e. The van der Waals surface area contributed by atoms with Gasteiger partial charge in [0.2, 0.25) is 0 Å². The Morgan fingerprint density at radius 3 is 2.44 bits per heavy atom. The molecule has 0 radical (unpaired) electrons. The molecule has 0 bridgehead atoms. The third-order valence-corrected chi connectivity index (χ3v) is 3.55. The van der Waals surface area contributed by atoms with Crippen molar-refractivity contribution in [2.75, 3.05) is 34.2 Å². The number of aryl methyl sites for hydroxylation is 1. The molecule has 0 aliphatic carbocycles. The molecule has 1 N–H and O–H groups in total. The highest BCUT2D eigenvalue weighted by atomic mass is 123. The highest BCUT2D eigenvalue weighted by molar-refractivity contribution is 14.1. The highest BCUT2D eigenvalue weighted by Gasteiger charge is 2.08. The maximum Gasteiger partial charge on any atom is 0.123 e. The van der Waals surface area contributed by atoms with Gasteiger partial charge in [-0.1, -0.05) is 0 Å². The van der Waals surface area contributed by atoms with Crippen molar-refractivity contribution in [3.8, 4) is 5.75 Å². The summed E-state index contributed by atoms with van der Waals surface area (Å²) in [5.41, 5.74) is 1.98. The molecule has 1 rings (SSSR count). The molecule has 0 aliphatic heterocycles. The molecule has 0 saturated heterocycles. The van der Waals surface area contributed by atoms with E-state index in [1.54, 1.807) is 0 Å². The standard InChI is InChI=1S/C14H23IN2O/c1-11-8-13(15)9-12(14(11)18)10-17(4)7-5-6-16(2)3/h8-9,18H,5-7,10H2,1-4H3/i15-4. The molecule has 18 heavy (non-hydrogen) atoms. The molecule has 0 aromatic heterocycles. The lowest BCUT2D eigenvalue weighted by Gasteiger charge is -2.19. The van der Waals surface area contributed by atoms with E-state index in [1.807, 2.05) is 13.0 Å². The molecule has 0 amide bonds. The SMILES string of the molecule is Cc1cc([123I])cc(CN(C)CCCN(C)C)c1O. The first-order chi connectivity index (χ1) is 8.40. The number of hydrogen-bond donors (Lipinski definition) is 1. The van der Waals surface area contributed by atoms with Gasteiger partial charge in [0.05, 0.1) is 0 Å². The van der Waals surface area contributed by atoms with E-state index in [1.165, 1.54) is 3.57 Å². The summed E-state index contributed by atoms with van der Waals surface area (Å²) in [5, 5.41) is 10.0. The Kier molecular flexibility index (Phi) is 6.38. The van der Waals surface area contributed by atoms with E-state index in [2.05, 4.69) is 59.6 Å². The summed E-state index contributed by atoms with van der Waals surface area (Å²) in [4.78, 5) is 4.45. The normalized spacial score (nSPS) is 11.5. The van der Waals surface area contributed by atoms with Crippen LogP contribution in [0.5, 0.6) is 5.75 Å². The monoisotopic (exact) mass is 358 g/mol. The molecule has 3 nitrogen and oxygen atoms in total. The minimum absolute atomic E-state index is 0.440. The van der Waals surface area contributed by atoms with Crippen molar-refractivity contribution in [1.82, 2.24) is 9.80 Å². The van der Waals surface area contributed by atoms with Gasteiger partial charge in [-0.3, -0.25) is 0 Å². The summed E-state index contributed by atoms with van der Waals surface area (Å²) >= 11 is 2.30. The minimum atomic E-state index is 0.440. The van der Waals surface area contributed by atoms with E-state index >= 15 is 0 Å².